The average Bonchev–Trinajstić information content (AvgIpc) is 2.78. The van der Waals surface area contributed by atoms with Crippen LogP contribution >= 0.6 is 0 Å². The Labute approximate surface area is 126 Å². The molecule has 1 aromatic carbocycles. The molecule has 0 spiro atoms. The van der Waals surface area contributed by atoms with E-state index in [4.69, 9.17) is 9.47 Å². The van der Waals surface area contributed by atoms with Gasteiger partial charge >= 0.3 is 12.1 Å². The molecule has 1 saturated heterocycles. The van der Waals surface area contributed by atoms with Gasteiger partial charge in [-0.15, -0.1) is 0 Å². The molecule has 0 bridgehead atoms. The second kappa shape index (κ2) is 5.89. The molecule has 0 aromatic heterocycles. The van der Waals surface area contributed by atoms with Crippen LogP contribution in [0, 0.1) is 0 Å². The second-order valence-electron chi connectivity index (χ2n) is 5.64. The third-order valence-electron chi connectivity index (χ3n) is 3.42. The number of ether oxygens (including phenoxy) is 2. The van der Waals surface area contributed by atoms with Crippen molar-refractivity contribution in [3.8, 4) is 0 Å². The predicted octanol–water partition coefficient (Wildman–Crippen LogP) is 3.25. The standard InChI is InChI=1S/C15H18F3NO3/c1-9(19-13(20)15(16,17)18)10-6-4-5-7-11(10)12-8-21-14(2,3)22-12/h4-7,9,12H,8H2,1-3H3,(H,19,20)/t9-,12-/m0/s1. The summed E-state index contributed by atoms with van der Waals surface area (Å²) in [6, 6.07) is 6.12. The average molecular weight is 317 g/mol. The lowest BCUT2D eigenvalue weighted by atomic mass is 9.97. The van der Waals surface area contributed by atoms with Crippen LogP contribution in [0.3, 0.4) is 0 Å². The number of benzene rings is 1. The molecule has 1 aliphatic heterocycles. The molecule has 0 radical (unpaired) electrons. The van der Waals surface area contributed by atoms with Crippen molar-refractivity contribution < 1.29 is 27.4 Å². The highest BCUT2D eigenvalue weighted by Gasteiger charge is 2.40. The monoisotopic (exact) mass is 317 g/mol. The largest absolute Gasteiger partial charge is 0.471 e. The lowest BCUT2D eigenvalue weighted by Crippen LogP contribution is -2.38. The molecule has 1 heterocycles. The van der Waals surface area contributed by atoms with Crippen LogP contribution in [0.2, 0.25) is 0 Å². The Bertz CT molecular complexity index is 557. The summed E-state index contributed by atoms with van der Waals surface area (Å²) in [4.78, 5) is 11.1. The highest BCUT2D eigenvalue weighted by Crippen LogP contribution is 2.36. The molecule has 22 heavy (non-hydrogen) atoms. The number of halogens is 3. The topological polar surface area (TPSA) is 47.6 Å². The maximum Gasteiger partial charge on any atom is 0.471 e. The molecule has 1 N–H and O–H groups in total. The van der Waals surface area contributed by atoms with Crippen LogP contribution in [0.1, 0.15) is 44.0 Å². The first-order valence-electron chi connectivity index (χ1n) is 6.88. The van der Waals surface area contributed by atoms with Gasteiger partial charge in [0.2, 0.25) is 0 Å². The van der Waals surface area contributed by atoms with E-state index in [1.54, 1.807) is 38.1 Å². The SMILES string of the molecule is C[C@H](NC(=O)C(F)(F)F)c1ccccc1[C@@H]1COC(C)(C)O1. The van der Waals surface area contributed by atoms with E-state index >= 15 is 0 Å². The number of carbonyl (C=O) groups is 1. The van der Waals surface area contributed by atoms with E-state index in [1.807, 2.05) is 5.32 Å². The molecule has 0 saturated carbocycles. The number of amides is 1. The van der Waals surface area contributed by atoms with Gasteiger partial charge in [-0.2, -0.15) is 13.2 Å². The maximum atomic E-state index is 12.4. The van der Waals surface area contributed by atoms with Gasteiger partial charge in [-0.05, 0) is 31.9 Å². The van der Waals surface area contributed by atoms with E-state index in [1.165, 1.54) is 6.92 Å². The molecule has 1 aromatic rings. The first-order valence-corrected chi connectivity index (χ1v) is 6.88. The number of nitrogens with one attached hydrogen (secondary N) is 1. The number of hydrogen-bond donors (Lipinski definition) is 1. The fourth-order valence-corrected chi connectivity index (χ4v) is 2.39. The number of carbonyl (C=O) groups excluding carboxylic acids is 1. The van der Waals surface area contributed by atoms with Crippen LogP contribution in [0.25, 0.3) is 0 Å². The third-order valence-corrected chi connectivity index (χ3v) is 3.42. The summed E-state index contributed by atoms with van der Waals surface area (Å²) in [7, 11) is 0. The summed E-state index contributed by atoms with van der Waals surface area (Å²) in [5.41, 5.74) is 1.29. The van der Waals surface area contributed by atoms with Crippen molar-refractivity contribution in [3.05, 3.63) is 35.4 Å². The van der Waals surface area contributed by atoms with Crippen molar-refractivity contribution in [1.82, 2.24) is 5.32 Å². The summed E-state index contributed by atoms with van der Waals surface area (Å²) in [6.07, 6.45) is -5.28. The molecule has 1 amide bonds. The smallest absolute Gasteiger partial charge is 0.347 e. The Hall–Kier alpha value is -1.60. The molecular weight excluding hydrogens is 299 g/mol. The minimum atomic E-state index is -4.90. The number of alkyl halides is 3. The van der Waals surface area contributed by atoms with Crippen molar-refractivity contribution in [2.75, 3.05) is 6.61 Å². The molecule has 7 heteroatoms. The van der Waals surface area contributed by atoms with Gasteiger partial charge in [0.05, 0.1) is 12.6 Å². The highest BCUT2D eigenvalue weighted by molar-refractivity contribution is 5.82. The van der Waals surface area contributed by atoms with Crippen LogP contribution in [-0.4, -0.2) is 24.5 Å². The van der Waals surface area contributed by atoms with Gasteiger partial charge in [0.25, 0.3) is 0 Å². The minimum absolute atomic E-state index is 0.309. The zero-order valence-corrected chi connectivity index (χ0v) is 12.5. The first kappa shape index (κ1) is 16.8. The Balaban J connectivity index is 2.20. The number of hydrogen-bond acceptors (Lipinski definition) is 3. The first-order chi connectivity index (χ1) is 10.1. The molecule has 1 fully saturated rings. The molecule has 4 nitrogen and oxygen atoms in total. The summed E-state index contributed by atoms with van der Waals surface area (Å²) >= 11 is 0. The van der Waals surface area contributed by atoms with Crippen LogP contribution in [-0.2, 0) is 14.3 Å². The van der Waals surface area contributed by atoms with E-state index in [-0.39, 0.29) is 6.10 Å². The predicted molar refractivity (Wildman–Crippen MR) is 72.9 cm³/mol. The van der Waals surface area contributed by atoms with Gasteiger partial charge in [0.15, 0.2) is 5.79 Å². The maximum absolute atomic E-state index is 12.4. The van der Waals surface area contributed by atoms with Gasteiger partial charge < -0.3 is 14.8 Å². The summed E-state index contributed by atoms with van der Waals surface area (Å²) in [5, 5.41) is 1.96. The third kappa shape index (κ3) is 3.78. The summed E-state index contributed by atoms with van der Waals surface area (Å²) in [6.45, 7) is 5.35. The van der Waals surface area contributed by atoms with Crippen molar-refractivity contribution in [3.63, 3.8) is 0 Å². The van der Waals surface area contributed by atoms with Crippen LogP contribution in [0.4, 0.5) is 13.2 Å². The van der Waals surface area contributed by atoms with Crippen molar-refractivity contribution in [2.24, 2.45) is 0 Å². The molecule has 0 aliphatic carbocycles. The van der Waals surface area contributed by atoms with Gasteiger partial charge in [-0.3, -0.25) is 4.79 Å². The van der Waals surface area contributed by atoms with E-state index in [2.05, 4.69) is 0 Å². The molecule has 122 valence electrons. The highest BCUT2D eigenvalue weighted by atomic mass is 19.4. The molecule has 2 atom stereocenters. The Morgan fingerprint density at radius 3 is 2.55 bits per heavy atom. The zero-order valence-electron chi connectivity index (χ0n) is 12.5. The minimum Gasteiger partial charge on any atom is -0.347 e. The molecule has 1 aliphatic rings. The van der Waals surface area contributed by atoms with Crippen molar-refractivity contribution >= 4 is 5.91 Å². The van der Waals surface area contributed by atoms with Crippen molar-refractivity contribution in [2.45, 2.75) is 44.9 Å². The van der Waals surface area contributed by atoms with Gasteiger partial charge in [0, 0.05) is 0 Å². The lowest BCUT2D eigenvalue weighted by molar-refractivity contribution is -0.174. The van der Waals surface area contributed by atoms with E-state index < -0.39 is 23.9 Å². The van der Waals surface area contributed by atoms with E-state index in [9.17, 15) is 18.0 Å². The van der Waals surface area contributed by atoms with E-state index in [0.29, 0.717) is 17.7 Å². The summed E-state index contributed by atoms with van der Waals surface area (Å²) < 4.78 is 48.3. The van der Waals surface area contributed by atoms with E-state index in [0.717, 1.165) is 0 Å². The van der Waals surface area contributed by atoms with Gasteiger partial charge in [0.1, 0.15) is 6.10 Å². The van der Waals surface area contributed by atoms with Crippen LogP contribution < -0.4 is 5.32 Å². The molecular formula is C15H18F3NO3. The Morgan fingerprint density at radius 1 is 1.36 bits per heavy atom. The second-order valence-corrected chi connectivity index (χ2v) is 5.64. The fraction of sp³-hybridized carbons (Fsp3) is 0.533. The normalized spacial score (nSPS) is 22.4. The fourth-order valence-electron chi connectivity index (χ4n) is 2.39. The lowest BCUT2D eigenvalue weighted by Gasteiger charge is -2.22. The summed E-state index contributed by atoms with van der Waals surface area (Å²) in [5.74, 6) is -2.70. The molecule has 2 rings (SSSR count). The van der Waals surface area contributed by atoms with Crippen LogP contribution in [0.5, 0.6) is 0 Å². The van der Waals surface area contributed by atoms with Crippen molar-refractivity contribution in [1.29, 1.82) is 0 Å². The van der Waals surface area contributed by atoms with Gasteiger partial charge in [-0.25, -0.2) is 0 Å². The van der Waals surface area contributed by atoms with Crippen LogP contribution in [0.15, 0.2) is 24.3 Å². The molecule has 0 unspecified atom stereocenters. The number of rotatable bonds is 3. The quantitative estimate of drug-likeness (QED) is 0.931. The Morgan fingerprint density at radius 2 is 2.00 bits per heavy atom. The Kier molecular flexibility index (Phi) is 4.49. The zero-order chi connectivity index (χ0) is 16.5. The van der Waals surface area contributed by atoms with Gasteiger partial charge in [-0.1, -0.05) is 24.3 Å².